The zero-order valence-corrected chi connectivity index (χ0v) is 13.9. The van der Waals surface area contributed by atoms with E-state index in [0.717, 1.165) is 0 Å². The third kappa shape index (κ3) is 3.49. The summed E-state index contributed by atoms with van der Waals surface area (Å²) in [5.74, 6) is -1.39. The molecule has 9 nitrogen and oxygen atoms in total. The lowest BCUT2D eigenvalue weighted by atomic mass is 9.83. The van der Waals surface area contributed by atoms with Crippen LogP contribution in [0, 0.1) is 5.92 Å². The zero-order chi connectivity index (χ0) is 19.0. The maximum atomic E-state index is 11.2. The Bertz CT molecular complexity index is 674. The number of aliphatic hydroxyl groups is 4. The third-order valence-corrected chi connectivity index (χ3v) is 4.94. The van der Waals surface area contributed by atoms with E-state index in [2.05, 4.69) is 0 Å². The fourth-order valence-corrected chi connectivity index (χ4v) is 3.44. The quantitative estimate of drug-likeness (QED) is 0.381. The normalized spacial score (nSPS) is 34.2. The van der Waals surface area contributed by atoms with Crippen molar-refractivity contribution in [2.24, 2.45) is 5.92 Å². The van der Waals surface area contributed by atoms with Crippen molar-refractivity contribution >= 4 is 5.97 Å². The van der Waals surface area contributed by atoms with E-state index in [4.69, 9.17) is 9.47 Å². The monoisotopic (exact) mass is 370 g/mol. The lowest BCUT2D eigenvalue weighted by molar-refractivity contribution is -0.277. The maximum Gasteiger partial charge on any atom is 0.306 e. The molecule has 1 aromatic rings. The van der Waals surface area contributed by atoms with Gasteiger partial charge < -0.3 is 40.1 Å². The molecule has 9 heteroatoms. The molecule has 0 saturated carbocycles. The van der Waals surface area contributed by atoms with Crippen molar-refractivity contribution in [2.75, 3.05) is 6.61 Å². The van der Waals surface area contributed by atoms with Gasteiger partial charge in [0.15, 0.2) is 0 Å². The SMILES string of the molecule is O=C(O)[C@H]1CCc2c(cc(O)cc2O[C@@H]2O[C@H](CO)[C@@H](O)[C@H](O)[C@H]2O)C1. The van der Waals surface area contributed by atoms with Crippen molar-refractivity contribution < 1.29 is 44.9 Å². The third-order valence-electron chi connectivity index (χ3n) is 4.94. The Morgan fingerprint density at radius 2 is 1.92 bits per heavy atom. The number of carboxylic acid groups (broad SMARTS) is 1. The van der Waals surface area contributed by atoms with E-state index in [1.165, 1.54) is 12.1 Å². The van der Waals surface area contributed by atoms with Gasteiger partial charge in [-0.25, -0.2) is 0 Å². The summed E-state index contributed by atoms with van der Waals surface area (Å²) in [6, 6.07) is 2.80. The summed E-state index contributed by atoms with van der Waals surface area (Å²) in [6.45, 7) is -0.580. The molecule has 1 aromatic carbocycles. The Balaban J connectivity index is 1.85. The number of ether oxygens (including phenoxy) is 2. The molecule has 0 bridgehead atoms. The number of hydrogen-bond donors (Lipinski definition) is 6. The molecule has 0 unspecified atom stereocenters. The Hall–Kier alpha value is -1.91. The summed E-state index contributed by atoms with van der Waals surface area (Å²) in [6.07, 6.45) is -6.07. The highest BCUT2D eigenvalue weighted by molar-refractivity contribution is 5.71. The average Bonchev–Trinajstić information content (AvgIpc) is 2.61. The summed E-state index contributed by atoms with van der Waals surface area (Å²) in [5.41, 5.74) is 1.32. The molecule has 6 N–H and O–H groups in total. The van der Waals surface area contributed by atoms with Crippen molar-refractivity contribution in [1.82, 2.24) is 0 Å². The van der Waals surface area contributed by atoms with E-state index in [-0.39, 0.29) is 17.9 Å². The largest absolute Gasteiger partial charge is 0.508 e. The van der Waals surface area contributed by atoms with Crippen LogP contribution in [0.2, 0.25) is 0 Å². The second kappa shape index (κ2) is 7.37. The van der Waals surface area contributed by atoms with Crippen LogP contribution in [0.1, 0.15) is 17.5 Å². The molecule has 1 heterocycles. The Kier molecular flexibility index (Phi) is 5.35. The summed E-state index contributed by atoms with van der Waals surface area (Å²) in [5, 5.41) is 58.1. The number of fused-ring (bicyclic) bond motifs is 1. The van der Waals surface area contributed by atoms with Crippen LogP contribution in [0.5, 0.6) is 11.5 Å². The van der Waals surface area contributed by atoms with Gasteiger partial charge in [0.25, 0.3) is 0 Å². The van der Waals surface area contributed by atoms with Gasteiger partial charge in [0, 0.05) is 6.07 Å². The Labute approximate surface area is 149 Å². The first kappa shape index (κ1) is 18.9. The van der Waals surface area contributed by atoms with Gasteiger partial charge in [0.2, 0.25) is 6.29 Å². The Morgan fingerprint density at radius 1 is 1.19 bits per heavy atom. The van der Waals surface area contributed by atoms with Gasteiger partial charge in [-0.05, 0) is 36.5 Å². The molecule has 1 saturated heterocycles. The van der Waals surface area contributed by atoms with Gasteiger partial charge in [-0.15, -0.1) is 0 Å². The lowest BCUT2D eigenvalue weighted by Gasteiger charge is -2.40. The molecular weight excluding hydrogens is 348 g/mol. The predicted molar refractivity (Wildman–Crippen MR) is 85.7 cm³/mol. The van der Waals surface area contributed by atoms with Crippen molar-refractivity contribution in [3.8, 4) is 11.5 Å². The molecule has 26 heavy (non-hydrogen) atoms. The van der Waals surface area contributed by atoms with E-state index in [9.17, 15) is 35.4 Å². The van der Waals surface area contributed by atoms with E-state index in [1.54, 1.807) is 0 Å². The summed E-state index contributed by atoms with van der Waals surface area (Å²) < 4.78 is 10.9. The lowest BCUT2D eigenvalue weighted by Crippen LogP contribution is -2.60. The molecule has 1 aliphatic carbocycles. The first-order valence-corrected chi connectivity index (χ1v) is 8.36. The summed E-state index contributed by atoms with van der Waals surface area (Å²) >= 11 is 0. The fourth-order valence-electron chi connectivity index (χ4n) is 3.44. The predicted octanol–water partition coefficient (Wildman–Crippen LogP) is -1.24. The highest BCUT2D eigenvalue weighted by atomic mass is 16.7. The first-order valence-electron chi connectivity index (χ1n) is 8.36. The molecule has 0 aromatic heterocycles. The van der Waals surface area contributed by atoms with Crippen LogP contribution >= 0.6 is 0 Å². The molecule has 0 spiro atoms. The average molecular weight is 370 g/mol. The van der Waals surface area contributed by atoms with Crippen molar-refractivity contribution in [2.45, 2.75) is 50.0 Å². The van der Waals surface area contributed by atoms with Gasteiger partial charge in [-0.2, -0.15) is 0 Å². The molecule has 6 atom stereocenters. The number of phenols is 1. The number of rotatable bonds is 4. The van der Waals surface area contributed by atoms with Crippen LogP contribution < -0.4 is 4.74 Å². The number of benzene rings is 1. The minimum absolute atomic E-state index is 0.130. The number of aromatic hydroxyl groups is 1. The molecule has 1 aliphatic heterocycles. The van der Waals surface area contributed by atoms with Gasteiger partial charge in [0.1, 0.15) is 35.9 Å². The van der Waals surface area contributed by atoms with Crippen molar-refractivity contribution in [3.63, 3.8) is 0 Å². The smallest absolute Gasteiger partial charge is 0.306 e. The van der Waals surface area contributed by atoms with E-state index >= 15 is 0 Å². The molecule has 144 valence electrons. The molecule has 2 aliphatic rings. The number of phenolic OH excluding ortho intramolecular Hbond substituents is 1. The van der Waals surface area contributed by atoms with E-state index in [0.29, 0.717) is 24.0 Å². The number of carbonyl (C=O) groups is 1. The first-order chi connectivity index (χ1) is 12.3. The van der Waals surface area contributed by atoms with Crippen LogP contribution in [-0.2, 0) is 22.4 Å². The number of aliphatic hydroxyl groups excluding tert-OH is 4. The minimum Gasteiger partial charge on any atom is -0.508 e. The highest BCUT2D eigenvalue weighted by Crippen LogP contribution is 2.37. The fraction of sp³-hybridized carbons (Fsp3) is 0.588. The van der Waals surface area contributed by atoms with Crippen LogP contribution in [0.25, 0.3) is 0 Å². The van der Waals surface area contributed by atoms with Gasteiger partial charge in [-0.3, -0.25) is 4.79 Å². The highest BCUT2D eigenvalue weighted by Gasteiger charge is 2.45. The molecule has 3 rings (SSSR count). The number of hydrogen-bond acceptors (Lipinski definition) is 8. The molecule has 0 amide bonds. The summed E-state index contributed by atoms with van der Waals surface area (Å²) in [7, 11) is 0. The van der Waals surface area contributed by atoms with Crippen LogP contribution in [-0.4, -0.2) is 73.9 Å². The topological polar surface area (TPSA) is 157 Å². The molecular formula is C17H22O9. The number of aliphatic carboxylic acids is 1. The van der Waals surface area contributed by atoms with Gasteiger partial charge >= 0.3 is 5.97 Å². The zero-order valence-electron chi connectivity index (χ0n) is 13.9. The van der Waals surface area contributed by atoms with Crippen molar-refractivity contribution in [3.05, 3.63) is 23.3 Å². The molecule has 0 radical (unpaired) electrons. The second-order valence-corrected chi connectivity index (χ2v) is 6.67. The standard InChI is InChI=1S/C17H22O9/c18-6-12-13(20)14(21)15(22)17(26-12)25-11-5-9(19)4-8-3-7(16(23)24)1-2-10(8)11/h4-5,7,12-15,17-22H,1-3,6H2,(H,23,24)/t7-,12+,13+,14-,15+,17+/m0/s1. The minimum atomic E-state index is -1.57. The van der Waals surface area contributed by atoms with Gasteiger partial charge in [0.05, 0.1) is 12.5 Å². The Morgan fingerprint density at radius 3 is 2.58 bits per heavy atom. The van der Waals surface area contributed by atoms with Crippen LogP contribution in [0.3, 0.4) is 0 Å². The van der Waals surface area contributed by atoms with Gasteiger partial charge in [-0.1, -0.05) is 0 Å². The van der Waals surface area contributed by atoms with Crippen LogP contribution in [0.4, 0.5) is 0 Å². The number of carboxylic acids is 1. The summed E-state index contributed by atoms with van der Waals surface area (Å²) in [4.78, 5) is 11.2. The maximum absolute atomic E-state index is 11.2. The second-order valence-electron chi connectivity index (χ2n) is 6.67. The van der Waals surface area contributed by atoms with Crippen molar-refractivity contribution in [1.29, 1.82) is 0 Å². The van der Waals surface area contributed by atoms with Crippen LogP contribution in [0.15, 0.2) is 12.1 Å². The molecule has 1 fully saturated rings. The van der Waals surface area contributed by atoms with E-state index < -0.39 is 49.2 Å². The van der Waals surface area contributed by atoms with E-state index in [1.807, 2.05) is 0 Å².